The normalized spacial score (nSPS) is 12.1. The Bertz CT molecular complexity index is 2300. The molecule has 0 spiro atoms. The number of aryl methyl sites for hydroxylation is 2. The third kappa shape index (κ3) is 3.03. The summed E-state index contributed by atoms with van der Waals surface area (Å²) in [5.41, 5.74) is 11.4. The molecule has 3 heterocycles. The Hall–Kier alpha value is -5.28. The van der Waals surface area contributed by atoms with Crippen molar-refractivity contribution in [1.82, 2.24) is 9.13 Å². The maximum Gasteiger partial charge on any atom is 0.145 e. The Morgan fingerprint density at radius 1 is 0.415 bits per heavy atom. The first kappa shape index (κ1) is 22.5. The third-order valence-electron chi connectivity index (χ3n) is 8.60. The first-order valence-electron chi connectivity index (χ1n) is 14.1. The van der Waals surface area contributed by atoms with Gasteiger partial charge in [-0.05, 0) is 86.6 Å². The van der Waals surface area contributed by atoms with Crippen LogP contribution in [0.5, 0.6) is 0 Å². The second-order valence-corrected chi connectivity index (χ2v) is 11.2. The Balaban J connectivity index is 1.48. The summed E-state index contributed by atoms with van der Waals surface area (Å²) in [7, 11) is 0. The molecule has 0 bridgehead atoms. The zero-order valence-corrected chi connectivity index (χ0v) is 22.8. The number of rotatable bonds is 2. The number of furan rings is 1. The number of hydrogen-bond donors (Lipinski definition) is 0. The molecule has 0 atom stereocenters. The van der Waals surface area contributed by atoms with Crippen molar-refractivity contribution < 1.29 is 4.42 Å². The van der Waals surface area contributed by atoms with Crippen LogP contribution in [0.15, 0.2) is 126 Å². The van der Waals surface area contributed by atoms with E-state index in [0.717, 1.165) is 55.1 Å². The lowest BCUT2D eigenvalue weighted by Crippen LogP contribution is -1.92. The van der Waals surface area contributed by atoms with Gasteiger partial charge in [0.15, 0.2) is 0 Å². The van der Waals surface area contributed by atoms with Gasteiger partial charge in [0.1, 0.15) is 11.2 Å². The molecular weight excluding hydrogens is 500 g/mol. The molecule has 6 aromatic carbocycles. The molecule has 3 heteroatoms. The molecule has 0 radical (unpaired) electrons. The number of hydrogen-bond acceptors (Lipinski definition) is 1. The summed E-state index contributed by atoms with van der Waals surface area (Å²) >= 11 is 0. The second-order valence-electron chi connectivity index (χ2n) is 11.2. The van der Waals surface area contributed by atoms with E-state index in [0.29, 0.717) is 0 Å². The predicted molar refractivity (Wildman–Crippen MR) is 172 cm³/mol. The molecule has 0 aliphatic carbocycles. The van der Waals surface area contributed by atoms with Gasteiger partial charge < -0.3 is 13.6 Å². The first-order chi connectivity index (χ1) is 20.2. The molecule has 0 fully saturated rings. The molecule has 3 nitrogen and oxygen atoms in total. The fourth-order valence-corrected chi connectivity index (χ4v) is 6.84. The van der Waals surface area contributed by atoms with Gasteiger partial charge in [0.05, 0.1) is 32.8 Å². The van der Waals surface area contributed by atoms with Crippen molar-refractivity contribution in [2.45, 2.75) is 13.8 Å². The molecule has 0 aliphatic heterocycles. The number of fused-ring (bicyclic) bond motifs is 11. The molecular formula is C38H26N2O. The van der Waals surface area contributed by atoms with E-state index in [1.54, 1.807) is 0 Å². The van der Waals surface area contributed by atoms with Crippen molar-refractivity contribution >= 4 is 65.6 Å². The van der Waals surface area contributed by atoms with Crippen molar-refractivity contribution in [2.24, 2.45) is 0 Å². The van der Waals surface area contributed by atoms with E-state index >= 15 is 0 Å². The highest BCUT2D eigenvalue weighted by atomic mass is 16.3. The van der Waals surface area contributed by atoms with Crippen molar-refractivity contribution in [1.29, 1.82) is 0 Å². The highest BCUT2D eigenvalue weighted by Gasteiger charge is 2.22. The van der Waals surface area contributed by atoms with Gasteiger partial charge in [-0.1, -0.05) is 59.7 Å². The average Bonchev–Trinajstić information content (AvgIpc) is 3.65. The van der Waals surface area contributed by atoms with Crippen LogP contribution in [-0.4, -0.2) is 9.13 Å². The van der Waals surface area contributed by atoms with Crippen molar-refractivity contribution in [3.63, 3.8) is 0 Å². The zero-order chi connectivity index (χ0) is 27.2. The van der Waals surface area contributed by atoms with Crippen LogP contribution in [0.1, 0.15) is 11.1 Å². The summed E-state index contributed by atoms with van der Waals surface area (Å²) in [5.74, 6) is 0. The lowest BCUT2D eigenvalue weighted by Gasteiger charge is -2.07. The quantitative estimate of drug-likeness (QED) is 0.220. The largest absolute Gasteiger partial charge is 0.455 e. The Morgan fingerprint density at radius 2 is 0.829 bits per heavy atom. The molecule has 0 unspecified atom stereocenters. The van der Waals surface area contributed by atoms with Gasteiger partial charge in [0.2, 0.25) is 0 Å². The van der Waals surface area contributed by atoms with Gasteiger partial charge in [-0.25, -0.2) is 0 Å². The molecule has 194 valence electrons. The monoisotopic (exact) mass is 526 g/mol. The fourth-order valence-electron chi connectivity index (χ4n) is 6.84. The van der Waals surface area contributed by atoms with Gasteiger partial charge in [-0.3, -0.25) is 0 Å². The summed E-state index contributed by atoms with van der Waals surface area (Å²) in [4.78, 5) is 0. The highest BCUT2D eigenvalue weighted by molar-refractivity contribution is 6.29. The van der Waals surface area contributed by atoms with Gasteiger partial charge in [0.25, 0.3) is 0 Å². The SMILES string of the molecule is Cc1ccc2c(c1)c1c3oc4c(ccc5c4c4cc(C)ccc4n5-c4ccccc4)c3ccc1n2-c1ccccc1. The number of nitrogens with zero attached hydrogens (tertiary/aromatic N) is 2. The molecule has 0 saturated carbocycles. The molecule has 9 rings (SSSR count). The van der Waals surface area contributed by atoms with Gasteiger partial charge in [0, 0.05) is 32.9 Å². The summed E-state index contributed by atoms with van der Waals surface area (Å²) in [6, 6.07) is 43.7. The van der Waals surface area contributed by atoms with Gasteiger partial charge >= 0.3 is 0 Å². The summed E-state index contributed by atoms with van der Waals surface area (Å²) < 4.78 is 11.8. The standard InChI is InChI=1S/C38H26N2O/c1-23-13-17-31-29(21-23)35-33(39(31)25-9-5-3-6-10-25)19-15-27-28-16-20-34-36(38(28)41-37(27)35)30-22-24(2)14-18-32(30)40(34)26-11-7-4-8-12-26/h3-22H,1-2H3. The number of benzene rings is 6. The van der Waals surface area contributed by atoms with E-state index in [9.17, 15) is 0 Å². The lowest BCUT2D eigenvalue weighted by molar-refractivity contribution is 0.677. The van der Waals surface area contributed by atoms with Crippen molar-refractivity contribution in [3.8, 4) is 11.4 Å². The highest BCUT2D eigenvalue weighted by Crippen LogP contribution is 2.44. The van der Waals surface area contributed by atoms with E-state index in [-0.39, 0.29) is 0 Å². The topological polar surface area (TPSA) is 23.0 Å². The molecule has 3 aromatic heterocycles. The van der Waals surface area contributed by atoms with Crippen LogP contribution in [0.2, 0.25) is 0 Å². The minimum atomic E-state index is 0.948. The van der Waals surface area contributed by atoms with Crippen molar-refractivity contribution in [3.05, 3.63) is 132 Å². The Morgan fingerprint density at radius 3 is 1.27 bits per heavy atom. The molecule has 9 aromatic rings. The molecule has 0 aliphatic rings. The number of para-hydroxylation sites is 2. The van der Waals surface area contributed by atoms with E-state index < -0.39 is 0 Å². The summed E-state index contributed by atoms with van der Waals surface area (Å²) in [6.07, 6.45) is 0. The predicted octanol–water partition coefficient (Wildman–Crippen LogP) is 10.4. The third-order valence-corrected chi connectivity index (χ3v) is 8.60. The minimum absolute atomic E-state index is 0.948. The van der Waals surface area contributed by atoms with Crippen LogP contribution in [0.25, 0.3) is 76.9 Å². The summed E-state index contributed by atoms with van der Waals surface area (Å²) in [5, 5.41) is 7.06. The summed E-state index contributed by atoms with van der Waals surface area (Å²) in [6.45, 7) is 4.32. The fraction of sp³-hybridized carbons (Fsp3) is 0.0526. The van der Waals surface area contributed by atoms with E-state index in [4.69, 9.17) is 4.42 Å². The van der Waals surface area contributed by atoms with Crippen LogP contribution in [0, 0.1) is 13.8 Å². The minimum Gasteiger partial charge on any atom is -0.455 e. The van der Waals surface area contributed by atoms with Crippen LogP contribution in [0.3, 0.4) is 0 Å². The smallest absolute Gasteiger partial charge is 0.145 e. The van der Waals surface area contributed by atoms with Gasteiger partial charge in [-0.15, -0.1) is 0 Å². The Labute approximate surface area is 236 Å². The first-order valence-corrected chi connectivity index (χ1v) is 14.1. The van der Waals surface area contributed by atoms with Crippen LogP contribution < -0.4 is 0 Å². The number of aromatic nitrogens is 2. The average molecular weight is 527 g/mol. The van der Waals surface area contributed by atoms with E-state index in [2.05, 4.69) is 144 Å². The molecule has 0 amide bonds. The lowest BCUT2D eigenvalue weighted by atomic mass is 10.0. The van der Waals surface area contributed by atoms with Crippen molar-refractivity contribution in [2.75, 3.05) is 0 Å². The molecule has 0 saturated heterocycles. The van der Waals surface area contributed by atoms with Crippen LogP contribution in [0.4, 0.5) is 0 Å². The zero-order valence-electron chi connectivity index (χ0n) is 22.8. The van der Waals surface area contributed by atoms with E-state index in [1.165, 1.54) is 32.9 Å². The maximum absolute atomic E-state index is 7.05. The second kappa shape index (κ2) is 8.12. The maximum atomic E-state index is 7.05. The Kier molecular flexibility index (Phi) is 4.46. The molecule has 0 N–H and O–H groups in total. The van der Waals surface area contributed by atoms with E-state index in [1.807, 2.05) is 0 Å². The van der Waals surface area contributed by atoms with Gasteiger partial charge in [-0.2, -0.15) is 0 Å². The van der Waals surface area contributed by atoms with Crippen LogP contribution >= 0.6 is 0 Å². The molecule has 41 heavy (non-hydrogen) atoms. The van der Waals surface area contributed by atoms with Crippen LogP contribution in [-0.2, 0) is 0 Å².